The van der Waals surface area contributed by atoms with E-state index in [-0.39, 0.29) is 18.6 Å². The summed E-state index contributed by atoms with van der Waals surface area (Å²) in [6, 6.07) is 2.29. The van der Waals surface area contributed by atoms with Gasteiger partial charge in [-0.25, -0.2) is 9.97 Å². The third-order valence-electron chi connectivity index (χ3n) is 4.27. The molecule has 0 aromatic carbocycles. The maximum absolute atomic E-state index is 8.36. The largest absolute Gasteiger partial charge is 0.483 e. The van der Waals surface area contributed by atoms with Gasteiger partial charge in [0.25, 0.3) is 6.47 Å². The Hall–Kier alpha value is -1.93. The van der Waals surface area contributed by atoms with E-state index < -0.39 is 0 Å². The third kappa shape index (κ3) is 5.31. The van der Waals surface area contributed by atoms with E-state index >= 15 is 0 Å². The van der Waals surface area contributed by atoms with Crippen molar-refractivity contribution >= 4 is 18.1 Å². The molecule has 8 heteroatoms. The van der Waals surface area contributed by atoms with Crippen molar-refractivity contribution in [3.8, 4) is 0 Å². The van der Waals surface area contributed by atoms with Crippen LogP contribution >= 0.6 is 0 Å². The van der Waals surface area contributed by atoms with Crippen LogP contribution in [0.1, 0.15) is 25.7 Å². The molecule has 134 valence electrons. The quantitative estimate of drug-likeness (QED) is 0.795. The number of anilines is 2. The number of hydrogen-bond acceptors (Lipinski definition) is 7. The lowest BCUT2D eigenvalue weighted by Gasteiger charge is -2.32. The van der Waals surface area contributed by atoms with Crippen molar-refractivity contribution in [2.75, 3.05) is 43.6 Å². The minimum Gasteiger partial charge on any atom is -0.483 e. The molecule has 8 nitrogen and oxygen atoms in total. The number of nitrogens with zero attached hydrogens (tertiary/aromatic N) is 3. The van der Waals surface area contributed by atoms with Crippen LogP contribution in [0.4, 0.5) is 11.6 Å². The minimum absolute atomic E-state index is 0.0761. The fraction of sp³-hybridized carbons (Fsp3) is 0.688. The summed E-state index contributed by atoms with van der Waals surface area (Å²) in [5.41, 5.74) is 0. The molecule has 0 bridgehead atoms. The van der Waals surface area contributed by atoms with Crippen molar-refractivity contribution < 1.29 is 19.4 Å². The first-order valence-corrected chi connectivity index (χ1v) is 8.30. The number of piperidine rings is 1. The second-order valence-corrected chi connectivity index (χ2v) is 5.80. The van der Waals surface area contributed by atoms with Gasteiger partial charge in [-0.2, -0.15) is 0 Å². The maximum atomic E-state index is 8.36. The first-order valence-electron chi connectivity index (χ1n) is 8.30. The molecule has 0 amide bonds. The van der Waals surface area contributed by atoms with Crippen LogP contribution in [0, 0.1) is 0 Å². The molecule has 1 aromatic heterocycles. The molecule has 24 heavy (non-hydrogen) atoms. The number of rotatable bonds is 4. The average Bonchev–Trinajstić information content (AvgIpc) is 2.64. The molecular weight excluding hydrogens is 312 g/mol. The molecule has 0 saturated carbocycles. The van der Waals surface area contributed by atoms with Gasteiger partial charge in [0.1, 0.15) is 24.1 Å². The summed E-state index contributed by atoms with van der Waals surface area (Å²) >= 11 is 0. The number of nitrogens with one attached hydrogen (secondary N) is 1. The van der Waals surface area contributed by atoms with Gasteiger partial charge in [-0.1, -0.05) is 0 Å². The first kappa shape index (κ1) is 18.4. The highest BCUT2D eigenvalue weighted by atomic mass is 16.5. The molecule has 2 N–H and O–H groups in total. The number of aromatic nitrogens is 2. The highest BCUT2D eigenvalue weighted by molar-refractivity contribution is 5.49. The van der Waals surface area contributed by atoms with Crippen LogP contribution in [-0.2, 0) is 14.3 Å². The van der Waals surface area contributed by atoms with E-state index in [0.717, 1.165) is 37.8 Å². The Kier molecular flexibility index (Phi) is 7.70. The number of carbonyl (C=O) groups is 1. The molecular formula is C16H26N4O4. The Morgan fingerprint density at radius 1 is 1.38 bits per heavy atom. The van der Waals surface area contributed by atoms with Crippen LogP contribution in [0.5, 0.6) is 0 Å². The summed E-state index contributed by atoms with van der Waals surface area (Å²) in [6.45, 7) is 3.34. The zero-order chi connectivity index (χ0) is 17.2. The lowest BCUT2D eigenvalue weighted by Crippen LogP contribution is -2.43. The first-order chi connectivity index (χ1) is 11.8. The molecule has 2 aliphatic heterocycles. The zero-order valence-corrected chi connectivity index (χ0v) is 14.1. The Balaban J connectivity index is 0.000000647. The van der Waals surface area contributed by atoms with Gasteiger partial charge in [-0.05, 0) is 25.7 Å². The molecule has 0 unspecified atom stereocenters. The van der Waals surface area contributed by atoms with E-state index in [1.54, 1.807) is 13.4 Å². The van der Waals surface area contributed by atoms with Crippen LogP contribution in [0.25, 0.3) is 0 Å². The number of carboxylic acid groups (broad SMARTS) is 1. The standard InChI is InChI=1S/C15H24N4O2.CH2O2/c1-20-13-10-21-8-5-12(13)18-14-9-15(17-11-16-14)19-6-3-2-4-7-19;2-1-3/h9,11-13H,2-8,10H2,1H3,(H,16,17,18);1H,(H,2,3)/t12-,13-;/m0./s1. The highest BCUT2D eigenvalue weighted by Crippen LogP contribution is 2.21. The summed E-state index contributed by atoms with van der Waals surface area (Å²) in [7, 11) is 1.73. The van der Waals surface area contributed by atoms with Gasteiger partial charge in [-0.3, -0.25) is 4.79 Å². The molecule has 2 aliphatic rings. The normalized spacial score (nSPS) is 23.8. The topological polar surface area (TPSA) is 96.8 Å². The van der Waals surface area contributed by atoms with Gasteiger partial charge < -0.3 is 24.8 Å². The van der Waals surface area contributed by atoms with Gasteiger partial charge in [-0.15, -0.1) is 0 Å². The number of hydrogen-bond donors (Lipinski definition) is 2. The maximum Gasteiger partial charge on any atom is 0.290 e. The van der Waals surface area contributed by atoms with Crippen molar-refractivity contribution in [2.45, 2.75) is 37.8 Å². The molecule has 2 fully saturated rings. The highest BCUT2D eigenvalue weighted by Gasteiger charge is 2.26. The fourth-order valence-electron chi connectivity index (χ4n) is 3.02. The molecule has 0 radical (unpaired) electrons. The fourth-order valence-corrected chi connectivity index (χ4v) is 3.02. The second kappa shape index (κ2) is 10.0. The van der Waals surface area contributed by atoms with E-state index in [0.29, 0.717) is 6.61 Å². The van der Waals surface area contributed by atoms with Crippen molar-refractivity contribution in [1.29, 1.82) is 0 Å². The SMILES string of the molecule is CO[C@H]1COCC[C@@H]1Nc1cc(N2CCCCC2)ncn1.O=CO. The van der Waals surface area contributed by atoms with Crippen LogP contribution in [-0.4, -0.2) is 67.1 Å². The lowest BCUT2D eigenvalue weighted by atomic mass is 10.1. The van der Waals surface area contributed by atoms with E-state index in [2.05, 4.69) is 20.2 Å². The van der Waals surface area contributed by atoms with E-state index in [4.69, 9.17) is 19.4 Å². The van der Waals surface area contributed by atoms with Gasteiger partial charge in [0.05, 0.1) is 12.6 Å². The Morgan fingerprint density at radius 3 is 2.83 bits per heavy atom. The van der Waals surface area contributed by atoms with Crippen LogP contribution < -0.4 is 10.2 Å². The molecule has 3 heterocycles. The van der Waals surface area contributed by atoms with E-state index in [1.165, 1.54) is 19.3 Å². The van der Waals surface area contributed by atoms with Gasteiger partial charge in [0.15, 0.2) is 0 Å². The van der Waals surface area contributed by atoms with Crippen molar-refractivity contribution in [2.24, 2.45) is 0 Å². The molecule has 0 aliphatic carbocycles. The Morgan fingerprint density at radius 2 is 2.12 bits per heavy atom. The van der Waals surface area contributed by atoms with Crippen LogP contribution in [0.3, 0.4) is 0 Å². The van der Waals surface area contributed by atoms with Gasteiger partial charge in [0, 0.05) is 32.9 Å². The smallest absolute Gasteiger partial charge is 0.290 e. The summed E-state index contributed by atoms with van der Waals surface area (Å²) in [5, 5.41) is 10.4. The van der Waals surface area contributed by atoms with Crippen molar-refractivity contribution in [1.82, 2.24) is 9.97 Å². The monoisotopic (exact) mass is 338 g/mol. The molecule has 2 saturated heterocycles. The lowest BCUT2D eigenvalue weighted by molar-refractivity contribution is -0.122. The summed E-state index contributed by atoms with van der Waals surface area (Å²) in [4.78, 5) is 19.5. The predicted octanol–water partition coefficient (Wildman–Crippen LogP) is 1.38. The third-order valence-corrected chi connectivity index (χ3v) is 4.27. The van der Waals surface area contributed by atoms with E-state index in [1.807, 2.05) is 6.07 Å². The van der Waals surface area contributed by atoms with E-state index in [9.17, 15) is 0 Å². The predicted molar refractivity (Wildman–Crippen MR) is 90.4 cm³/mol. The van der Waals surface area contributed by atoms with Gasteiger partial charge >= 0.3 is 0 Å². The molecule has 3 rings (SSSR count). The Bertz CT molecular complexity index is 497. The summed E-state index contributed by atoms with van der Waals surface area (Å²) < 4.78 is 10.9. The molecule has 1 aromatic rings. The summed E-state index contributed by atoms with van der Waals surface area (Å²) in [5.74, 6) is 1.90. The van der Waals surface area contributed by atoms with Gasteiger partial charge in [0.2, 0.25) is 0 Å². The Labute approximate surface area is 142 Å². The zero-order valence-electron chi connectivity index (χ0n) is 14.1. The number of methoxy groups -OCH3 is 1. The number of ether oxygens (including phenoxy) is 2. The molecule has 2 atom stereocenters. The average molecular weight is 338 g/mol. The van der Waals surface area contributed by atoms with Crippen molar-refractivity contribution in [3.05, 3.63) is 12.4 Å². The minimum atomic E-state index is -0.250. The molecule has 0 spiro atoms. The van der Waals surface area contributed by atoms with Crippen LogP contribution in [0.15, 0.2) is 12.4 Å². The second-order valence-electron chi connectivity index (χ2n) is 5.80. The summed E-state index contributed by atoms with van der Waals surface area (Å²) in [6.07, 6.45) is 6.48. The van der Waals surface area contributed by atoms with Crippen molar-refractivity contribution in [3.63, 3.8) is 0 Å². The van der Waals surface area contributed by atoms with Crippen LogP contribution in [0.2, 0.25) is 0 Å².